The van der Waals surface area contributed by atoms with E-state index in [4.69, 9.17) is 0 Å². The average Bonchev–Trinajstić information content (AvgIpc) is 2.34. The summed E-state index contributed by atoms with van der Waals surface area (Å²) >= 11 is 0. The van der Waals surface area contributed by atoms with Crippen LogP contribution in [0.25, 0.3) is 11.0 Å². The zero-order valence-electron chi connectivity index (χ0n) is 5.77. The molecule has 0 fully saturated rings. The zero-order chi connectivity index (χ0) is 7.84. The molecule has 0 saturated heterocycles. The van der Waals surface area contributed by atoms with Crippen LogP contribution in [-0.4, -0.2) is 25.2 Å². The molecule has 0 aromatic carbocycles. The molecule has 0 bridgehead atoms. The van der Waals surface area contributed by atoms with Crippen molar-refractivity contribution in [3.8, 4) is 0 Å². The van der Waals surface area contributed by atoms with E-state index in [1.807, 2.05) is 0 Å². The number of aryl methyl sites for hydroxylation is 1. The van der Waals surface area contributed by atoms with Crippen LogP contribution in [0.4, 0.5) is 0 Å². The normalized spacial score (nSPS) is 10.6. The number of hydrogen-bond acceptors (Lipinski definition) is 4. The number of aromatic amines is 1. The number of aromatic nitrogens is 5. The maximum atomic E-state index is 11.0. The number of H-pyrrole nitrogens is 1. The van der Waals surface area contributed by atoms with Crippen LogP contribution in [0.15, 0.2) is 11.0 Å². The molecule has 0 amide bonds. The molecule has 0 aliphatic rings. The number of nitrogens with one attached hydrogen (secondary N) is 1. The van der Waals surface area contributed by atoms with E-state index in [1.54, 1.807) is 7.05 Å². The van der Waals surface area contributed by atoms with E-state index in [0.717, 1.165) is 0 Å². The summed E-state index contributed by atoms with van der Waals surface area (Å²) in [7, 11) is 1.66. The highest BCUT2D eigenvalue weighted by Gasteiger charge is 2.03. The summed E-state index contributed by atoms with van der Waals surface area (Å²) in [6, 6.07) is 0. The van der Waals surface area contributed by atoms with Gasteiger partial charge in [0.1, 0.15) is 5.52 Å². The van der Waals surface area contributed by atoms with E-state index < -0.39 is 0 Å². The van der Waals surface area contributed by atoms with Crippen LogP contribution in [-0.2, 0) is 7.05 Å². The van der Waals surface area contributed by atoms with E-state index >= 15 is 0 Å². The molecule has 0 unspecified atom stereocenters. The van der Waals surface area contributed by atoms with Crippen molar-refractivity contribution in [2.75, 3.05) is 0 Å². The van der Waals surface area contributed by atoms with Gasteiger partial charge in [-0.3, -0.25) is 4.79 Å². The molecule has 0 aliphatic carbocycles. The van der Waals surface area contributed by atoms with Crippen molar-refractivity contribution in [1.82, 2.24) is 25.2 Å². The largest absolute Gasteiger partial charge is 0.291 e. The van der Waals surface area contributed by atoms with Crippen molar-refractivity contribution >= 4 is 11.0 Å². The first-order chi connectivity index (χ1) is 5.29. The Morgan fingerprint density at radius 2 is 2.45 bits per heavy atom. The van der Waals surface area contributed by atoms with E-state index in [1.165, 1.54) is 10.9 Å². The zero-order valence-corrected chi connectivity index (χ0v) is 5.77. The molecular formula is C5H5N5O. The van der Waals surface area contributed by atoms with Crippen molar-refractivity contribution in [1.29, 1.82) is 0 Å². The average molecular weight is 151 g/mol. The predicted molar refractivity (Wildman–Crippen MR) is 36.9 cm³/mol. The summed E-state index contributed by atoms with van der Waals surface area (Å²) in [6.45, 7) is 0. The molecule has 6 nitrogen and oxygen atoms in total. The summed E-state index contributed by atoms with van der Waals surface area (Å²) in [4.78, 5) is 11.0. The second-order valence-corrected chi connectivity index (χ2v) is 2.15. The molecular weight excluding hydrogens is 146 g/mol. The van der Waals surface area contributed by atoms with Crippen LogP contribution >= 0.6 is 0 Å². The van der Waals surface area contributed by atoms with Gasteiger partial charge >= 0.3 is 0 Å². The van der Waals surface area contributed by atoms with Crippen molar-refractivity contribution in [2.24, 2.45) is 7.05 Å². The van der Waals surface area contributed by atoms with Gasteiger partial charge in [0.2, 0.25) is 0 Å². The number of nitrogens with zero attached hydrogens (tertiary/aromatic N) is 4. The van der Waals surface area contributed by atoms with Crippen molar-refractivity contribution in [3.05, 3.63) is 16.6 Å². The lowest BCUT2D eigenvalue weighted by Crippen LogP contribution is -2.10. The van der Waals surface area contributed by atoms with Gasteiger partial charge in [0.05, 0.1) is 6.20 Å². The summed E-state index contributed by atoms with van der Waals surface area (Å²) in [5.74, 6) is 0. The molecule has 0 spiro atoms. The van der Waals surface area contributed by atoms with Crippen molar-refractivity contribution in [3.63, 3.8) is 0 Å². The molecule has 0 aliphatic heterocycles. The highest BCUT2D eigenvalue weighted by molar-refractivity contribution is 5.71. The van der Waals surface area contributed by atoms with Crippen molar-refractivity contribution < 1.29 is 0 Å². The lowest BCUT2D eigenvalue weighted by Gasteiger charge is -1.86. The lowest BCUT2D eigenvalue weighted by atomic mass is 10.5. The molecule has 1 N–H and O–H groups in total. The van der Waals surface area contributed by atoms with Crippen LogP contribution in [0.3, 0.4) is 0 Å². The molecule has 2 rings (SSSR count). The molecule has 0 radical (unpaired) electrons. The minimum atomic E-state index is -0.269. The van der Waals surface area contributed by atoms with E-state index in [9.17, 15) is 4.79 Å². The Labute approximate surface area is 60.8 Å². The summed E-state index contributed by atoms with van der Waals surface area (Å²) in [6.07, 6.45) is 1.46. The fourth-order valence-corrected chi connectivity index (χ4v) is 0.928. The molecule has 6 heteroatoms. The van der Waals surface area contributed by atoms with Crippen LogP contribution < -0.4 is 5.56 Å². The Balaban J connectivity index is 3.08. The van der Waals surface area contributed by atoms with Gasteiger partial charge in [0.25, 0.3) is 5.56 Å². The van der Waals surface area contributed by atoms with Crippen LogP contribution in [0.5, 0.6) is 0 Å². The minimum Gasteiger partial charge on any atom is -0.265 e. The third kappa shape index (κ3) is 0.721. The second kappa shape index (κ2) is 1.88. The Kier molecular flexibility index (Phi) is 1.03. The van der Waals surface area contributed by atoms with Crippen molar-refractivity contribution in [2.45, 2.75) is 0 Å². The SMILES string of the molecule is Cn1nnc2cn[nH]c(=O)c21. The summed E-state index contributed by atoms with van der Waals surface area (Å²) < 4.78 is 1.41. The van der Waals surface area contributed by atoms with Crippen LogP contribution in [0.2, 0.25) is 0 Å². The number of hydrogen-bond donors (Lipinski definition) is 1. The van der Waals surface area contributed by atoms with Gasteiger partial charge in [-0.2, -0.15) is 5.10 Å². The molecule has 0 saturated carbocycles. The molecule has 11 heavy (non-hydrogen) atoms. The van der Waals surface area contributed by atoms with Gasteiger partial charge in [0.15, 0.2) is 5.52 Å². The molecule has 2 heterocycles. The summed E-state index contributed by atoms with van der Waals surface area (Å²) in [5.41, 5.74) is 0.686. The van der Waals surface area contributed by atoms with Gasteiger partial charge in [-0.1, -0.05) is 5.21 Å². The molecule has 2 aromatic heterocycles. The predicted octanol–water partition coefficient (Wildman–Crippen LogP) is -0.948. The first-order valence-electron chi connectivity index (χ1n) is 3.02. The Morgan fingerprint density at radius 1 is 1.64 bits per heavy atom. The second-order valence-electron chi connectivity index (χ2n) is 2.15. The minimum absolute atomic E-state index is 0.269. The first kappa shape index (κ1) is 6.02. The summed E-state index contributed by atoms with van der Waals surface area (Å²) in [5, 5.41) is 13.2. The smallest absolute Gasteiger partial charge is 0.265 e. The lowest BCUT2D eigenvalue weighted by molar-refractivity contribution is 0.733. The highest BCUT2D eigenvalue weighted by atomic mass is 16.1. The van der Waals surface area contributed by atoms with Crippen LogP contribution in [0.1, 0.15) is 0 Å². The highest BCUT2D eigenvalue weighted by Crippen LogP contribution is 1.98. The standard InChI is InChI=1S/C5H5N5O/c1-10-4-3(7-9-10)2-6-8-5(4)11/h2H,1H3,(H,8,11). The van der Waals surface area contributed by atoms with Gasteiger partial charge in [-0.15, -0.1) is 5.10 Å². The van der Waals surface area contributed by atoms with E-state index in [2.05, 4.69) is 20.5 Å². The van der Waals surface area contributed by atoms with Gasteiger partial charge in [-0.25, -0.2) is 9.78 Å². The fraction of sp³-hybridized carbons (Fsp3) is 0.200. The van der Waals surface area contributed by atoms with Gasteiger partial charge in [-0.05, 0) is 0 Å². The molecule has 2 aromatic rings. The van der Waals surface area contributed by atoms with Crippen LogP contribution in [0, 0.1) is 0 Å². The quantitative estimate of drug-likeness (QED) is 0.526. The Morgan fingerprint density at radius 3 is 3.18 bits per heavy atom. The molecule has 56 valence electrons. The maximum Gasteiger partial charge on any atom is 0.291 e. The van der Waals surface area contributed by atoms with Gasteiger partial charge < -0.3 is 0 Å². The third-order valence-corrected chi connectivity index (χ3v) is 1.42. The fourth-order valence-electron chi connectivity index (χ4n) is 0.928. The monoisotopic (exact) mass is 151 g/mol. The number of fused-ring (bicyclic) bond motifs is 1. The number of rotatable bonds is 0. The van der Waals surface area contributed by atoms with E-state index in [-0.39, 0.29) is 5.56 Å². The van der Waals surface area contributed by atoms with Gasteiger partial charge in [0, 0.05) is 7.05 Å². The Bertz CT molecular complexity index is 441. The Hall–Kier alpha value is -1.72. The van der Waals surface area contributed by atoms with E-state index in [0.29, 0.717) is 11.0 Å². The third-order valence-electron chi connectivity index (χ3n) is 1.42. The topological polar surface area (TPSA) is 76.5 Å². The maximum absolute atomic E-state index is 11.0. The first-order valence-corrected chi connectivity index (χ1v) is 3.02. The molecule has 0 atom stereocenters.